The lowest BCUT2D eigenvalue weighted by Gasteiger charge is -2.12. The summed E-state index contributed by atoms with van der Waals surface area (Å²) >= 11 is 0. The average Bonchev–Trinajstić information content (AvgIpc) is 2.59. The summed E-state index contributed by atoms with van der Waals surface area (Å²) in [6.07, 6.45) is 16.3. The van der Waals surface area contributed by atoms with E-state index < -0.39 is 18.2 Å². The third-order valence-electron chi connectivity index (χ3n) is 3.30. The minimum atomic E-state index is -0.827. The molecule has 4 heteroatoms. The van der Waals surface area contributed by atoms with E-state index in [2.05, 4.69) is 23.5 Å². The van der Waals surface area contributed by atoms with Crippen molar-refractivity contribution < 1.29 is 19.7 Å². The molecule has 0 saturated carbocycles. The van der Waals surface area contributed by atoms with Crippen LogP contribution in [0.1, 0.15) is 72.1 Å². The highest BCUT2D eigenvalue weighted by Crippen LogP contribution is 2.07. The fourth-order valence-electron chi connectivity index (χ4n) is 2.04. The first-order chi connectivity index (χ1) is 12.1. The summed E-state index contributed by atoms with van der Waals surface area (Å²) in [6.45, 7) is 8.91. The number of rotatable bonds is 14. The molecule has 2 N–H and O–H groups in total. The SMILES string of the molecule is C=CCCC=CCCCCCC=C[C@H](O)C[C@H](O)COC(C)=O.CC. The van der Waals surface area contributed by atoms with E-state index in [1.165, 1.54) is 19.8 Å². The Hall–Kier alpha value is -1.39. The van der Waals surface area contributed by atoms with E-state index in [9.17, 15) is 15.0 Å². The summed E-state index contributed by atoms with van der Waals surface area (Å²) in [5.74, 6) is -0.426. The van der Waals surface area contributed by atoms with E-state index in [0.717, 1.165) is 32.1 Å². The smallest absolute Gasteiger partial charge is 0.302 e. The molecule has 0 aromatic heterocycles. The molecular formula is C21H38O4. The normalized spacial score (nSPS) is 13.3. The number of carbonyl (C=O) groups excluding carboxylic acids is 1. The summed E-state index contributed by atoms with van der Waals surface area (Å²) in [4.78, 5) is 10.6. The van der Waals surface area contributed by atoms with Gasteiger partial charge in [-0.25, -0.2) is 0 Å². The maximum absolute atomic E-state index is 10.6. The van der Waals surface area contributed by atoms with Crippen molar-refractivity contribution in [3.05, 3.63) is 37.0 Å². The number of unbranched alkanes of at least 4 members (excludes halogenated alkanes) is 5. The van der Waals surface area contributed by atoms with Crippen LogP contribution in [0.5, 0.6) is 0 Å². The second-order valence-electron chi connectivity index (χ2n) is 5.66. The molecule has 0 rings (SSSR count). The number of ether oxygens (including phenoxy) is 1. The molecule has 0 aromatic rings. The molecule has 0 amide bonds. The number of hydrogen-bond donors (Lipinski definition) is 2. The van der Waals surface area contributed by atoms with E-state index in [0.29, 0.717) is 0 Å². The number of carbonyl (C=O) groups is 1. The highest BCUT2D eigenvalue weighted by atomic mass is 16.5. The van der Waals surface area contributed by atoms with Crippen molar-refractivity contribution in [3.8, 4) is 0 Å². The monoisotopic (exact) mass is 354 g/mol. The van der Waals surface area contributed by atoms with Crippen LogP contribution >= 0.6 is 0 Å². The highest BCUT2D eigenvalue weighted by Gasteiger charge is 2.10. The zero-order valence-corrected chi connectivity index (χ0v) is 16.3. The molecule has 0 saturated heterocycles. The van der Waals surface area contributed by atoms with Gasteiger partial charge in [-0.05, 0) is 38.5 Å². The highest BCUT2D eigenvalue weighted by molar-refractivity contribution is 5.65. The minimum absolute atomic E-state index is 0.0689. The second kappa shape index (κ2) is 20.7. The lowest BCUT2D eigenvalue weighted by Crippen LogP contribution is -2.22. The molecule has 0 aromatic carbocycles. The Morgan fingerprint density at radius 3 is 2.20 bits per heavy atom. The van der Waals surface area contributed by atoms with Gasteiger partial charge in [0.2, 0.25) is 0 Å². The first kappa shape index (κ1) is 25.8. The van der Waals surface area contributed by atoms with Gasteiger partial charge in [-0.2, -0.15) is 0 Å². The van der Waals surface area contributed by atoms with Gasteiger partial charge in [-0.3, -0.25) is 4.79 Å². The first-order valence-electron chi connectivity index (χ1n) is 9.48. The van der Waals surface area contributed by atoms with Gasteiger partial charge in [-0.1, -0.05) is 50.6 Å². The van der Waals surface area contributed by atoms with Crippen LogP contribution in [-0.2, 0) is 9.53 Å². The fourth-order valence-corrected chi connectivity index (χ4v) is 2.04. The van der Waals surface area contributed by atoms with Gasteiger partial charge in [-0.15, -0.1) is 6.58 Å². The van der Waals surface area contributed by atoms with Gasteiger partial charge in [0.1, 0.15) is 6.61 Å². The molecule has 0 radical (unpaired) electrons. The van der Waals surface area contributed by atoms with Crippen molar-refractivity contribution in [2.45, 2.75) is 84.3 Å². The number of aliphatic hydroxyl groups excluding tert-OH is 2. The van der Waals surface area contributed by atoms with Crippen molar-refractivity contribution >= 4 is 5.97 Å². The molecule has 0 heterocycles. The molecule has 0 aliphatic heterocycles. The lowest BCUT2D eigenvalue weighted by atomic mass is 10.1. The van der Waals surface area contributed by atoms with Crippen molar-refractivity contribution in [2.75, 3.05) is 6.61 Å². The minimum Gasteiger partial charge on any atom is -0.463 e. The van der Waals surface area contributed by atoms with Crippen molar-refractivity contribution in [3.63, 3.8) is 0 Å². The third-order valence-corrected chi connectivity index (χ3v) is 3.30. The number of hydrogen-bond acceptors (Lipinski definition) is 4. The van der Waals surface area contributed by atoms with Gasteiger partial charge in [0.05, 0.1) is 12.2 Å². The topological polar surface area (TPSA) is 66.8 Å². The molecular weight excluding hydrogens is 316 g/mol. The van der Waals surface area contributed by atoms with Crippen molar-refractivity contribution in [2.24, 2.45) is 0 Å². The lowest BCUT2D eigenvalue weighted by molar-refractivity contribution is -0.144. The maximum Gasteiger partial charge on any atom is 0.302 e. The van der Waals surface area contributed by atoms with Gasteiger partial charge in [0, 0.05) is 13.3 Å². The average molecular weight is 355 g/mol. The van der Waals surface area contributed by atoms with Gasteiger partial charge in [0.25, 0.3) is 0 Å². The Labute approximate surface area is 154 Å². The summed E-state index contributed by atoms with van der Waals surface area (Å²) in [6, 6.07) is 0. The summed E-state index contributed by atoms with van der Waals surface area (Å²) < 4.78 is 4.68. The zero-order valence-electron chi connectivity index (χ0n) is 16.3. The van der Waals surface area contributed by atoms with E-state index in [-0.39, 0.29) is 13.0 Å². The molecule has 2 atom stereocenters. The number of esters is 1. The Kier molecular flexibility index (Phi) is 21.4. The largest absolute Gasteiger partial charge is 0.463 e. The first-order valence-corrected chi connectivity index (χ1v) is 9.48. The quantitative estimate of drug-likeness (QED) is 0.269. The molecule has 0 spiro atoms. The Balaban J connectivity index is 0. The van der Waals surface area contributed by atoms with Gasteiger partial charge < -0.3 is 14.9 Å². The van der Waals surface area contributed by atoms with Gasteiger partial charge in [0.15, 0.2) is 0 Å². The molecule has 0 aliphatic rings. The zero-order chi connectivity index (χ0) is 19.3. The molecule has 25 heavy (non-hydrogen) atoms. The maximum atomic E-state index is 10.6. The molecule has 0 unspecified atom stereocenters. The predicted molar refractivity (Wildman–Crippen MR) is 105 cm³/mol. The van der Waals surface area contributed by atoms with Crippen molar-refractivity contribution in [1.82, 2.24) is 0 Å². The fraction of sp³-hybridized carbons (Fsp3) is 0.667. The Morgan fingerprint density at radius 1 is 1.00 bits per heavy atom. The van der Waals surface area contributed by atoms with Crippen LogP contribution in [0.3, 0.4) is 0 Å². The molecule has 0 fully saturated rings. The van der Waals surface area contributed by atoms with Crippen LogP contribution in [0.4, 0.5) is 0 Å². The van der Waals surface area contributed by atoms with Crippen LogP contribution in [0.2, 0.25) is 0 Å². The third kappa shape index (κ3) is 22.6. The van der Waals surface area contributed by atoms with Crippen LogP contribution in [0, 0.1) is 0 Å². The van der Waals surface area contributed by atoms with Crippen LogP contribution < -0.4 is 0 Å². The van der Waals surface area contributed by atoms with E-state index in [1.54, 1.807) is 6.08 Å². The summed E-state index contributed by atoms with van der Waals surface area (Å²) in [5.41, 5.74) is 0. The standard InChI is InChI=1S/C19H32O4.C2H6/c1-3-4-5-6-7-8-9-10-11-12-13-14-18(21)15-19(22)16-23-17(2)20;1-2/h3,6-7,13-14,18-19,21-22H,1,4-5,8-12,15-16H2,2H3;1-2H3/t18-,19-;/m0./s1. The summed E-state index contributed by atoms with van der Waals surface area (Å²) in [7, 11) is 0. The van der Waals surface area contributed by atoms with E-state index in [4.69, 9.17) is 0 Å². The van der Waals surface area contributed by atoms with Crippen LogP contribution in [0.15, 0.2) is 37.0 Å². The van der Waals surface area contributed by atoms with Gasteiger partial charge >= 0.3 is 5.97 Å². The van der Waals surface area contributed by atoms with Crippen LogP contribution in [-0.4, -0.2) is 35.0 Å². The number of allylic oxidation sites excluding steroid dienone is 4. The molecule has 4 nitrogen and oxygen atoms in total. The Morgan fingerprint density at radius 2 is 1.60 bits per heavy atom. The van der Waals surface area contributed by atoms with Crippen LogP contribution in [0.25, 0.3) is 0 Å². The second-order valence-corrected chi connectivity index (χ2v) is 5.66. The molecule has 0 aliphatic carbocycles. The number of aliphatic hydroxyl groups is 2. The molecule has 0 bridgehead atoms. The van der Waals surface area contributed by atoms with Crippen molar-refractivity contribution in [1.29, 1.82) is 0 Å². The molecule has 146 valence electrons. The Bertz CT molecular complexity index is 361. The predicted octanol–water partition coefficient (Wildman–Crippen LogP) is 4.72. The van der Waals surface area contributed by atoms with E-state index in [1.807, 2.05) is 26.0 Å². The van der Waals surface area contributed by atoms with E-state index >= 15 is 0 Å². The summed E-state index contributed by atoms with van der Waals surface area (Å²) in [5, 5.41) is 19.3.